The van der Waals surface area contributed by atoms with Crippen molar-refractivity contribution in [2.75, 3.05) is 4.90 Å². The summed E-state index contributed by atoms with van der Waals surface area (Å²) in [5, 5.41) is 0. The summed E-state index contributed by atoms with van der Waals surface area (Å²) in [6.45, 7) is 9.29. The van der Waals surface area contributed by atoms with Gasteiger partial charge in [-0.05, 0) is 84.7 Å². The summed E-state index contributed by atoms with van der Waals surface area (Å²) < 4.78 is 0. The van der Waals surface area contributed by atoms with Crippen molar-refractivity contribution in [2.45, 2.75) is 105 Å². The second-order valence-corrected chi connectivity index (χ2v) is 9.78. The molecule has 0 atom stereocenters. The Morgan fingerprint density at radius 1 is 0.514 bits per heavy atom. The molecule has 3 rings (SSSR count). The lowest BCUT2D eigenvalue weighted by Crippen LogP contribution is -2.16. The van der Waals surface area contributed by atoms with Crippen LogP contribution >= 0.6 is 0 Å². The first-order chi connectivity index (χ1) is 17.2. The van der Waals surface area contributed by atoms with E-state index in [0.29, 0.717) is 0 Å². The van der Waals surface area contributed by atoms with Crippen LogP contribution in [0, 0.1) is 0 Å². The van der Waals surface area contributed by atoms with Crippen LogP contribution < -0.4 is 4.90 Å². The van der Waals surface area contributed by atoms with Gasteiger partial charge in [0.2, 0.25) is 0 Å². The van der Waals surface area contributed by atoms with E-state index < -0.39 is 0 Å². The lowest BCUT2D eigenvalue weighted by molar-refractivity contribution is 0.575. The Labute approximate surface area is 215 Å². The molecule has 0 radical (unpaired) electrons. The number of anilines is 3. The number of hydrogen-bond donors (Lipinski definition) is 0. The summed E-state index contributed by atoms with van der Waals surface area (Å²) in [4.78, 5) is 2.50. The first kappa shape index (κ1) is 27.1. The fourth-order valence-corrected chi connectivity index (χ4v) is 5.55. The lowest BCUT2D eigenvalue weighted by atomic mass is 9.87. The molecule has 3 aromatic carbocycles. The molecular formula is C34H47N. The smallest absolute Gasteiger partial charge is 0.0499 e. The molecule has 0 saturated carbocycles. The monoisotopic (exact) mass is 469 g/mol. The van der Waals surface area contributed by atoms with Crippen molar-refractivity contribution in [3.8, 4) is 0 Å². The first-order valence-electron chi connectivity index (χ1n) is 14.3. The van der Waals surface area contributed by atoms with Crippen molar-refractivity contribution < 1.29 is 0 Å². The Bertz CT molecular complexity index is 951. The van der Waals surface area contributed by atoms with Crippen molar-refractivity contribution in [1.82, 2.24) is 0 Å². The Balaban J connectivity index is 1.99. The van der Waals surface area contributed by atoms with E-state index in [-0.39, 0.29) is 0 Å². The van der Waals surface area contributed by atoms with Crippen molar-refractivity contribution in [1.29, 1.82) is 0 Å². The van der Waals surface area contributed by atoms with Crippen LogP contribution in [0.1, 0.15) is 101 Å². The second kappa shape index (κ2) is 14.8. The van der Waals surface area contributed by atoms with Crippen LogP contribution in [0.15, 0.2) is 66.7 Å². The van der Waals surface area contributed by atoms with Gasteiger partial charge in [0, 0.05) is 17.1 Å². The Morgan fingerprint density at radius 2 is 1.03 bits per heavy atom. The third kappa shape index (κ3) is 7.23. The van der Waals surface area contributed by atoms with Gasteiger partial charge in [0.25, 0.3) is 0 Å². The molecule has 188 valence electrons. The lowest BCUT2D eigenvalue weighted by Gasteiger charge is -2.31. The molecule has 0 aliphatic rings. The van der Waals surface area contributed by atoms with Crippen molar-refractivity contribution in [3.05, 3.63) is 89.0 Å². The Morgan fingerprint density at radius 3 is 1.51 bits per heavy atom. The largest absolute Gasteiger partial charge is 0.310 e. The number of aryl methyl sites for hydroxylation is 1. The molecular weight excluding hydrogens is 422 g/mol. The number of nitrogens with zero attached hydrogens (tertiary/aromatic N) is 1. The molecule has 0 saturated heterocycles. The van der Waals surface area contributed by atoms with Crippen LogP contribution in [0.4, 0.5) is 17.1 Å². The summed E-state index contributed by atoms with van der Waals surface area (Å²) in [5.74, 6) is 0. The van der Waals surface area contributed by atoms with Gasteiger partial charge in [-0.1, -0.05) is 109 Å². The van der Waals surface area contributed by atoms with Crippen LogP contribution in [-0.2, 0) is 25.7 Å². The highest BCUT2D eigenvalue weighted by molar-refractivity contribution is 5.80. The van der Waals surface area contributed by atoms with Gasteiger partial charge < -0.3 is 4.90 Å². The highest BCUT2D eigenvalue weighted by atomic mass is 15.1. The Hall–Kier alpha value is -2.54. The van der Waals surface area contributed by atoms with E-state index in [1.54, 1.807) is 16.7 Å². The minimum Gasteiger partial charge on any atom is -0.310 e. The first-order valence-corrected chi connectivity index (χ1v) is 14.3. The average molecular weight is 470 g/mol. The number of unbranched alkanes of at least 4 members (excludes halogenated alkanes) is 7. The zero-order valence-corrected chi connectivity index (χ0v) is 22.8. The van der Waals surface area contributed by atoms with Crippen molar-refractivity contribution >= 4 is 17.1 Å². The molecule has 0 spiro atoms. The fraction of sp³-hybridized carbons (Fsp3) is 0.471. The minimum absolute atomic E-state index is 1.08. The predicted molar refractivity (Wildman–Crippen MR) is 156 cm³/mol. The van der Waals surface area contributed by atoms with Crippen LogP contribution in [0.3, 0.4) is 0 Å². The maximum atomic E-state index is 2.51. The highest BCUT2D eigenvalue weighted by Crippen LogP contribution is 2.41. The molecule has 1 heteroatoms. The molecule has 35 heavy (non-hydrogen) atoms. The fourth-order valence-electron chi connectivity index (χ4n) is 5.55. The Kier molecular flexibility index (Phi) is 11.4. The van der Waals surface area contributed by atoms with E-state index >= 15 is 0 Å². The van der Waals surface area contributed by atoms with E-state index in [1.165, 1.54) is 80.4 Å². The normalized spacial score (nSPS) is 11.1. The van der Waals surface area contributed by atoms with Crippen LogP contribution in [0.5, 0.6) is 0 Å². The molecule has 0 aromatic heterocycles. The average Bonchev–Trinajstić information content (AvgIpc) is 2.91. The summed E-state index contributed by atoms with van der Waals surface area (Å²) in [5.41, 5.74) is 10.1. The standard InChI is InChI=1S/C34H47N/c1-5-9-10-11-12-13-14-21-26-33-32(8-4)31(7-3)28(6-2)27-34(33)35(29-22-17-15-18-23-29)30-24-19-16-20-25-30/h15-20,22-25,27H,5-14,21,26H2,1-4H3. The van der Waals surface area contributed by atoms with Gasteiger partial charge in [0.15, 0.2) is 0 Å². The minimum atomic E-state index is 1.08. The van der Waals surface area contributed by atoms with Gasteiger partial charge in [-0.25, -0.2) is 0 Å². The van der Waals surface area contributed by atoms with Crippen molar-refractivity contribution in [2.24, 2.45) is 0 Å². The van der Waals surface area contributed by atoms with E-state index in [0.717, 1.165) is 19.3 Å². The molecule has 0 N–H and O–H groups in total. The van der Waals surface area contributed by atoms with E-state index in [9.17, 15) is 0 Å². The molecule has 0 aliphatic heterocycles. The molecule has 1 nitrogen and oxygen atoms in total. The van der Waals surface area contributed by atoms with E-state index in [2.05, 4.69) is 99.3 Å². The summed E-state index contributed by atoms with van der Waals surface area (Å²) >= 11 is 0. The second-order valence-electron chi connectivity index (χ2n) is 9.78. The molecule has 0 heterocycles. The van der Waals surface area contributed by atoms with Crippen LogP contribution in [-0.4, -0.2) is 0 Å². The maximum absolute atomic E-state index is 2.51. The van der Waals surface area contributed by atoms with Gasteiger partial charge in [-0.15, -0.1) is 0 Å². The third-order valence-electron chi connectivity index (χ3n) is 7.37. The summed E-state index contributed by atoms with van der Waals surface area (Å²) in [6, 6.07) is 24.4. The van der Waals surface area contributed by atoms with Crippen LogP contribution in [0.2, 0.25) is 0 Å². The number of rotatable bonds is 15. The topological polar surface area (TPSA) is 3.24 Å². The molecule has 0 fully saturated rings. The van der Waals surface area contributed by atoms with E-state index in [1.807, 2.05) is 0 Å². The molecule has 0 unspecified atom stereocenters. The third-order valence-corrected chi connectivity index (χ3v) is 7.37. The van der Waals surface area contributed by atoms with Gasteiger partial charge in [0.1, 0.15) is 0 Å². The summed E-state index contributed by atoms with van der Waals surface area (Å²) in [7, 11) is 0. The highest BCUT2D eigenvalue weighted by Gasteiger charge is 2.21. The predicted octanol–water partition coefficient (Wildman–Crippen LogP) is 10.5. The zero-order valence-electron chi connectivity index (χ0n) is 22.8. The molecule has 3 aromatic rings. The quantitative estimate of drug-likeness (QED) is 0.200. The molecule has 0 bridgehead atoms. The SMILES string of the molecule is CCCCCCCCCCc1c(N(c2ccccc2)c2ccccc2)cc(CC)c(CC)c1CC. The molecule has 0 aliphatic carbocycles. The molecule has 0 amide bonds. The van der Waals surface area contributed by atoms with Crippen molar-refractivity contribution in [3.63, 3.8) is 0 Å². The van der Waals surface area contributed by atoms with Gasteiger partial charge >= 0.3 is 0 Å². The van der Waals surface area contributed by atoms with Crippen LogP contribution in [0.25, 0.3) is 0 Å². The maximum Gasteiger partial charge on any atom is 0.0499 e. The van der Waals surface area contributed by atoms with Gasteiger partial charge in [-0.2, -0.15) is 0 Å². The summed E-state index contributed by atoms with van der Waals surface area (Å²) in [6.07, 6.45) is 15.4. The zero-order chi connectivity index (χ0) is 24.9. The number of hydrogen-bond acceptors (Lipinski definition) is 1. The van der Waals surface area contributed by atoms with E-state index in [4.69, 9.17) is 0 Å². The number of benzene rings is 3. The van der Waals surface area contributed by atoms with Gasteiger partial charge in [0.05, 0.1) is 0 Å². The number of para-hydroxylation sites is 2. The van der Waals surface area contributed by atoms with Gasteiger partial charge in [-0.3, -0.25) is 0 Å².